The van der Waals surface area contributed by atoms with Crippen LogP contribution in [-0.4, -0.2) is 93.5 Å². The number of hydrogen-bond acceptors (Lipinski definition) is 7. The lowest BCUT2D eigenvalue weighted by molar-refractivity contribution is -0.144. The summed E-state index contributed by atoms with van der Waals surface area (Å²) in [6.45, 7) is 2.42. The summed E-state index contributed by atoms with van der Waals surface area (Å²) in [4.78, 5) is 83.1. The Morgan fingerprint density at radius 1 is 1.12 bits per heavy atom. The molecule has 0 bridgehead atoms. The first-order valence-electron chi connectivity index (χ1n) is 18.4. The van der Waals surface area contributed by atoms with Crippen LogP contribution in [0.1, 0.15) is 66.7 Å². The maximum atomic E-state index is 14.3. The van der Waals surface area contributed by atoms with Gasteiger partial charge in [-0.25, -0.2) is 0 Å². The van der Waals surface area contributed by atoms with E-state index in [1.165, 1.54) is 23.1 Å². The normalized spacial score (nSPS) is 20.8. The second-order valence-electron chi connectivity index (χ2n) is 14.1. The largest absolute Gasteiger partial charge is 0.370 e. The fraction of sp³-hybridized carbons (Fsp3) is 0.375. The molecule has 7 N–H and O–H groups in total. The molecule has 5 amide bonds. The van der Waals surface area contributed by atoms with E-state index in [0.717, 1.165) is 17.7 Å². The van der Waals surface area contributed by atoms with Crippen LogP contribution in [-0.2, 0) is 29.4 Å². The number of nitrogens with zero attached hydrogens (tertiary/aromatic N) is 2. The molecule has 3 aromatic rings. The molecule has 0 saturated carbocycles. The van der Waals surface area contributed by atoms with Crippen LogP contribution >= 0.6 is 8.03 Å². The minimum Gasteiger partial charge on any atom is -0.370 e. The van der Waals surface area contributed by atoms with Gasteiger partial charge in [-0.1, -0.05) is 48.4 Å². The van der Waals surface area contributed by atoms with Crippen molar-refractivity contribution in [2.75, 3.05) is 20.1 Å². The second-order valence-corrected chi connectivity index (χ2v) is 15.4. The number of H-pyrrole nitrogens is 1. The van der Waals surface area contributed by atoms with Crippen LogP contribution in [0.15, 0.2) is 78.4 Å². The SMILES string of the molecule is C#C/C=C\C(=C/C)C(NC(=O)[C@H](CCC(N)=O)NC(=O)[C@@H]1CC[C@@H]2CCN(C)C[C@H](NC(=O)c3cc4cc(C(F)(F)[PH](=O)O)ccc4[nH]3)C(=O)N21)c1ccccc1. The minimum absolute atomic E-state index is 0.0418. The highest BCUT2D eigenvalue weighted by molar-refractivity contribution is 7.39. The van der Waals surface area contributed by atoms with E-state index in [1.54, 1.807) is 26.1 Å². The first-order valence-corrected chi connectivity index (χ1v) is 19.8. The predicted molar refractivity (Wildman–Crippen MR) is 210 cm³/mol. The number of halogens is 2. The number of fused-ring (bicyclic) bond motifs is 2. The first kappa shape index (κ1) is 42.5. The number of benzene rings is 2. The zero-order valence-electron chi connectivity index (χ0n) is 31.5. The molecule has 6 atom stereocenters. The van der Waals surface area contributed by atoms with Gasteiger partial charge in [0.15, 0.2) is 0 Å². The number of aromatic nitrogens is 1. The Hall–Kier alpha value is -5.62. The number of primary amides is 1. The molecule has 2 aliphatic heterocycles. The van der Waals surface area contributed by atoms with E-state index < -0.39 is 73.0 Å². The van der Waals surface area contributed by atoms with Crippen LogP contribution in [0.5, 0.6) is 0 Å². The van der Waals surface area contributed by atoms with Gasteiger partial charge in [0.2, 0.25) is 23.6 Å². The van der Waals surface area contributed by atoms with Gasteiger partial charge in [0.05, 0.1) is 6.04 Å². The van der Waals surface area contributed by atoms with E-state index in [2.05, 4.69) is 26.9 Å². The van der Waals surface area contributed by atoms with Crippen LogP contribution in [0.2, 0.25) is 0 Å². The molecule has 302 valence electrons. The Bertz CT molecular complexity index is 2130. The molecule has 2 unspecified atom stereocenters. The number of allylic oxidation sites excluding steroid dienone is 2. The molecular weight excluding hydrogens is 759 g/mol. The number of carbonyl (C=O) groups is 5. The smallest absolute Gasteiger partial charge is 0.343 e. The second kappa shape index (κ2) is 18.5. The number of nitrogens with two attached hydrogens (primary N) is 1. The Kier molecular flexibility index (Phi) is 13.8. The standard InChI is InChI=1S/C40H46F2N7O7P/c1-4-6-10-24(5-2)35(25-11-8-7-9-12-25)47-36(51)30(16-18-34(43)50)45-38(53)33-17-14-28-19-20-48(3)23-32(39(54)49(28)33)46-37(52)31-22-26-21-27(13-15-29(26)44-31)40(41,42)57(55)56/h1,5-13,15,21-22,28,30,32-33,35,44,57H,14,16-20,23H2,2-3H3,(H2,43,50)(H,45,53)(H,46,52)(H,47,51)(H,55,56)/b10-6-,24-5+/t28-,30+,32+,33+,35?/m1/s1. The van der Waals surface area contributed by atoms with Crippen molar-refractivity contribution in [1.82, 2.24) is 30.7 Å². The zero-order valence-corrected chi connectivity index (χ0v) is 32.5. The van der Waals surface area contributed by atoms with E-state index >= 15 is 0 Å². The molecule has 0 radical (unpaired) electrons. The van der Waals surface area contributed by atoms with Crippen molar-refractivity contribution in [1.29, 1.82) is 0 Å². The summed E-state index contributed by atoms with van der Waals surface area (Å²) in [5.74, 6) is -0.679. The van der Waals surface area contributed by atoms with Crippen molar-refractivity contribution in [3.8, 4) is 12.3 Å². The summed E-state index contributed by atoms with van der Waals surface area (Å²) >= 11 is 0. The highest BCUT2D eigenvalue weighted by Gasteiger charge is 2.45. The zero-order chi connectivity index (χ0) is 41.4. The summed E-state index contributed by atoms with van der Waals surface area (Å²) in [5, 5.41) is 8.68. The Balaban J connectivity index is 1.36. The summed E-state index contributed by atoms with van der Waals surface area (Å²) in [7, 11) is -2.43. The van der Waals surface area contributed by atoms with E-state index in [4.69, 9.17) is 17.1 Å². The van der Waals surface area contributed by atoms with E-state index in [9.17, 15) is 37.3 Å². The van der Waals surface area contributed by atoms with Crippen LogP contribution < -0.4 is 21.7 Å². The van der Waals surface area contributed by atoms with Crippen LogP contribution in [0.4, 0.5) is 8.78 Å². The summed E-state index contributed by atoms with van der Waals surface area (Å²) < 4.78 is 39.8. The van der Waals surface area contributed by atoms with Gasteiger partial charge >= 0.3 is 5.66 Å². The lowest BCUT2D eigenvalue weighted by Gasteiger charge is -2.38. The van der Waals surface area contributed by atoms with Crippen LogP contribution in [0, 0.1) is 12.3 Å². The highest BCUT2D eigenvalue weighted by Crippen LogP contribution is 2.47. The number of aromatic amines is 1. The van der Waals surface area contributed by atoms with Gasteiger partial charge < -0.3 is 41.4 Å². The fourth-order valence-electron chi connectivity index (χ4n) is 7.28. The van der Waals surface area contributed by atoms with Gasteiger partial charge in [0.1, 0.15) is 23.8 Å². The van der Waals surface area contributed by atoms with Crippen LogP contribution in [0.25, 0.3) is 10.9 Å². The topological polar surface area (TPSA) is 207 Å². The Morgan fingerprint density at radius 2 is 1.86 bits per heavy atom. The molecule has 3 heterocycles. The van der Waals surface area contributed by atoms with Gasteiger partial charge in [-0.2, -0.15) is 8.78 Å². The number of amides is 5. The third kappa shape index (κ3) is 10.0. The van der Waals surface area contributed by atoms with Crippen molar-refractivity contribution in [2.45, 2.75) is 74.9 Å². The van der Waals surface area contributed by atoms with Gasteiger partial charge in [-0.3, -0.25) is 28.5 Å². The minimum atomic E-state index is -4.23. The number of carbonyl (C=O) groups excluding carboxylic acids is 5. The van der Waals surface area contributed by atoms with Gasteiger partial charge in [-0.15, -0.1) is 6.42 Å². The number of rotatable bonds is 14. The first-order chi connectivity index (χ1) is 27.1. The molecule has 2 fully saturated rings. The molecule has 2 aromatic carbocycles. The highest BCUT2D eigenvalue weighted by atomic mass is 31.1. The Labute approximate surface area is 329 Å². The molecule has 57 heavy (non-hydrogen) atoms. The third-order valence-corrected chi connectivity index (χ3v) is 11.1. The van der Waals surface area contributed by atoms with Crippen molar-refractivity contribution in [3.05, 3.63) is 95.2 Å². The summed E-state index contributed by atoms with van der Waals surface area (Å²) in [6.07, 6.45) is 11.4. The molecule has 1 aromatic heterocycles. The summed E-state index contributed by atoms with van der Waals surface area (Å²) in [5.41, 5.74) is 2.49. The van der Waals surface area contributed by atoms with Crippen molar-refractivity contribution in [2.24, 2.45) is 5.73 Å². The van der Waals surface area contributed by atoms with Crippen molar-refractivity contribution >= 4 is 48.5 Å². The molecule has 17 heteroatoms. The molecule has 14 nitrogen and oxygen atoms in total. The molecular formula is C40H46F2N7O7P. The monoisotopic (exact) mass is 805 g/mol. The molecule has 5 rings (SSSR count). The van der Waals surface area contributed by atoms with Crippen molar-refractivity contribution in [3.63, 3.8) is 0 Å². The molecule has 2 aliphatic rings. The number of likely N-dealkylation sites (N-methyl/N-ethyl adjacent to an activating group) is 1. The molecule has 0 spiro atoms. The van der Waals surface area contributed by atoms with Crippen LogP contribution in [0.3, 0.4) is 0 Å². The van der Waals surface area contributed by atoms with Crippen molar-refractivity contribution < 1.29 is 42.2 Å². The maximum Gasteiger partial charge on any atom is 0.343 e. The average Bonchev–Trinajstić information content (AvgIpc) is 3.82. The van der Waals surface area contributed by atoms with E-state index in [1.807, 2.05) is 35.2 Å². The van der Waals surface area contributed by atoms with E-state index in [0.29, 0.717) is 30.5 Å². The molecule has 0 aliphatic carbocycles. The summed E-state index contributed by atoms with van der Waals surface area (Å²) in [6, 6.07) is 9.32. The van der Waals surface area contributed by atoms with E-state index in [-0.39, 0.29) is 42.9 Å². The number of hydrogen-bond donors (Lipinski definition) is 6. The third-order valence-electron chi connectivity index (χ3n) is 10.3. The number of terminal acetylenes is 1. The molecule has 2 saturated heterocycles. The maximum absolute atomic E-state index is 14.3. The lowest BCUT2D eigenvalue weighted by atomic mass is 9.97. The lowest BCUT2D eigenvalue weighted by Crippen LogP contribution is -2.61. The number of alkyl halides is 2. The van der Waals surface area contributed by atoms with Gasteiger partial charge in [0, 0.05) is 35.5 Å². The fourth-order valence-corrected chi connectivity index (χ4v) is 7.68. The van der Waals surface area contributed by atoms with Gasteiger partial charge in [0.25, 0.3) is 13.9 Å². The number of nitrogens with one attached hydrogen (secondary N) is 4. The average molecular weight is 806 g/mol. The Morgan fingerprint density at radius 3 is 2.53 bits per heavy atom. The quantitative estimate of drug-likeness (QED) is 0.0809. The van der Waals surface area contributed by atoms with Gasteiger partial charge in [-0.05, 0) is 87.7 Å². The predicted octanol–water partition coefficient (Wildman–Crippen LogP) is 3.22.